The van der Waals surface area contributed by atoms with Crippen LogP contribution in [-0.2, 0) is 14.3 Å². The van der Waals surface area contributed by atoms with Crippen LogP contribution >= 0.6 is 0 Å². The number of carbonyl (C=O) groups excluding carboxylic acids is 1. The molecule has 23 heavy (non-hydrogen) atoms. The highest BCUT2D eigenvalue weighted by atomic mass is 16.7. The first-order valence-corrected chi connectivity index (χ1v) is 6.84. The van der Waals surface area contributed by atoms with Gasteiger partial charge >= 0.3 is 0 Å². The van der Waals surface area contributed by atoms with Gasteiger partial charge in [0, 0.05) is 0 Å². The van der Waals surface area contributed by atoms with Crippen molar-refractivity contribution >= 4 is 6.29 Å². The van der Waals surface area contributed by atoms with E-state index in [1.165, 1.54) is 0 Å². The molecule has 0 saturated carbocycles. The van der Waals surface area contributed by atoms with Crippen molar-refractivity contribution in [3.63, 3.8) is 0 Å². The third kappa shape index (κ3) is 4.64. The fourth-order valence-electron chi connectivity index (χ4n) is 2.11. The standard InChI is InChI=1S/C12H22O11/c13-1-4(16)7(18)11(5(17)2-14)23-12-10(21)9(20)8(19)6(3-15)22-12/h1,4-12,14-21H,2-3H2/t4-,5-,6-,7-,8+,9+,10+,11+,12+/m1/s1. The lowest BCUT2D eigenvalue weighted by Crippen LogP contribution is -2.61. The summed E-state index contributed by atoms with van der Waals surface area (Å²) in [6.07, 6.45) is -15.7. The van der Waals surface area contributed by atoms with Gasteiger partial charge in [0.1, 0.15) is 48.8 Å². The van der Waals surface area contributed by atoms with Crippen LogP contribution in [0, 0.1) is 0 Å². The number of carbonyl (C=O) groups is 1. The van der Waals surface area contributed by atoms with Crippen LogP contribution in [0.2, 0.25) is 0 Å². The minimum Gasteiger partial charge on any atom is -0.394 e. The van der Waals surface area contributed by atoms with Crippen LogP contribution in [0.3, 0.4) is 0 Å². The van der Waals surface area contributed by atoms with Crippen molar-refractivity contribution in [2.75, 3.05) is 13.2 Å². The smallest absolute Gasteiger partial charge is 0.187 e. The first-order valence-electron chi connectivity index (χ1n) is 6.84. The average Bonchev–Trinajstić information content (AvgIpc) is 2.57. The minimum atomic E-state index is -1.97. The summed E-state index contributed by atoms with van der Waals surface area (Å²) >= 11 is 0. The molecule has 1 aliphatic rings. The lowest BCUT2D eigenvalue weighted by molar-refractivity contribution is -0.326. The zero-order chi connectivity index (χ0) is 17.7. The molecule has 1 saturated heterocycles. The van der Waals surface area contributed by atoms with Crippen LogP contribution in [-0.4, -0.2) is 115 Å². The number of hydrogen-bond acceptors (Lipinski definition) is 11. The summed E-state index contributed by atoms with van der Waals surface area (Å²) < 4.78 is 10.1. The quantitative estimate of drug-likeness (QED) is 0.196. The van der Waals surface area contributed by atoms with Crippen LogP contribution in [0.4, 0.5) is 0 Å². The van der Waals surface area contributed by atoms with E-state index in [2.05, 4.69) is 0 Å². The van der Waals surface area contributed by atoms with Crippen molar-refractivity contribution in [2.24, 2.45) is 0 Å². The van der Waals surface area contributed by atoms with Crippen molar-refractivity contribution in [3.8, 4) is 0 Å². The Labute approximate surface area is 130 Å². The Morgan fingerprint density at radius 2 is 1.65 bits per heavy atom. The van der Waals surface area contributed by atoms with Crippen molar-refractivity contribution in [1.29, 1.82) is 0 Å². The second kappa shape index (κ2) is 8.94. The number of ether oxygens (including phenoxy) is 2. The highest BCUT2D eigenvalue weighted by Gasteiger charge is 2.46. The van der Waals surface area contributed by atoms with Crippen molar-refractivity contribution < 1.29 is 55.1 Å². The summed E-state index contributed by atoms with van der Waals surface area (Å²) in [6, 6.07) is 0. The first kappa shape index (κ1) is 20.3. The van der Waals surface area contributed by atoms with Crippen LogP contribution in [0.1, 0.15) is 0 Å². The van der Waals surface area contributed by atoms with E-state index in [-0.39, 0.29) is 6.29 Å². The molecule has 8 N–H and O–H groups in total. The average molecular weight is 342 g/mol. The third-order valence-electron chi connectivity index (χ3n) is 3.53. The molecule has 0 amide bonds. The molecular formula is C12H22O11. The molecule has 0 aromatic heterocycles. The molecule has 0 bridgehead atoms. The molecule has 9 atom stereocenters. The Morgan fingerprint density at radius 1 is 1.04 bits per heavy atom. The van der Waals surface area contributed by atoms with Gasteiger partial charge in [0.25, 0.3) is 0 Å². The van der Waals surface area contributed by atoms with E-state index in [0.717, 1.165) is 0 Å². The van der Waals surface area contributed by atoms with Gasteiger partial charge in [-0.15, -0.1) is 0 Å². The molecule has 0 spiro atoms. The summed E-state index contributed by atoms with van der Waals surface area (Å²) in [7, 11) is 0. The van der Waals surface area contributed by atoms with Crippen LogP contribution in [0.25, 0.3) is 0 Å². The second-order valence-corrected chi connectivity index (χ2v) is 5.17. The van der Waals surface area contributed by atoms with E-state index >= 15 is 0 Å². The Balaban J connectivity index is 2.91. The van der Waals surface area contributed by atoms with E-state index in [9.17, 15) is 35.4 Å². The number of aliphatic hydroxyl groups excluding tert-OH is 8. The molecule has 1 rings (SSSR count). The predicted molar refractivity (Wildman–Crippen MR) is 69.8 cm³/mol. The molecule has 0 unspecified atom stereocenters. The summed E-state index contributed by atoms with van der Waals surface area (Å²) in [5.74, 6) is 0. The largest absolute Gasteiger partial charge is 0.394 e. The molecule has 0 aliphatic carbocycles. The van der Waals surface area contributed by atoms with Gasteiger partial charge in [0.05, 0.1) is 13.2 Å². The maximum atomic E-state index is 10.5. The monoisotopic (exact) mass is 342 g/mol. The summed E-state index contributed by atoms with van der Waals surface area (Å²) in [5, 5.41) is 75.7. The predicted octanol–water partition coefficient (Wildman–Crippen LogP) is -5.55. The number of hydrogen-bond donors (Lipinski definition) is 8. The maximum absolute atomic E-state index is 10.5. The Morgan fingerprint density at radius 3 is 2.13 bits per heavy atom. The SMILES string of the molecule is O=C[C@@H](O)[C@@H](O)[C@@H](O[C@@H]1O[C@H](CO)[C@H](O)[C@H](O)[C@@H]1O)[C@H](O)CO. The fraction of sp³-hybridized carbons (Fsp3) is 0.917. The van der Waals surface area contributed by atoms with E-state index in [0.29, 0.717) is 0 Å². The van der Waals surface area contributed by atoms with Gasteiger partial charge in [0.2, 0.25) is 0 Å². The Hall–Kier alpha value is -0.730. The van der Waals surface area contributed by atoms with Gasteiger partial charge in [0.15, 0.2) is 12.6 Å². The van der Waals surface area contributed by atoms with Crippen LogP contribution in [0.5, 0.6) is 0 Å². The number of aliphatic hydroxyl groups is 8. The summed E-state index contributed by atoms with van der Waals surface area (Å²) in [6.45, 7) is -1.64. The summed E-state index contributed by atoms with van der Waals surface area (Å²) in [5.41, 5.74) is 0. The van der Waals surface area contributed by atoms with Crippen molar-refractivity contribution in [3.05, 3.63) is 0 Å². The molecule has 1 aliphatic heterocycles. The first-order chi connectivity index (χ1) is 10.8. The summed E-state index contributed by atoms with van der Waals surface area (Å²) in [4.78, 5) is 10.5. The van der Waals surface area contributed by atoms with Gasteiger partial charge < -0.3 is 55.1 Å². The molecule has 1 fully saturated rings. The van der Waals surface area contributed by atoms with Crippen molar-refractivity contribution in [2.45, 2.75) is 55.1 Å². The Kier molecular flexibility index (Phi) is 7.89. The Bertz CT molecular complexity index is 365. The van der Waals surface area contributed by atoms with Crippen molar-refractivity contribution in [1.82, 2.24) is 0 Å². The molecule has 0 aromatic rings. The lowest BCUT2D eigenvalue weighted by Gasteiger charge is -2.42. The molecule has 11 heteroatoms. The zero-order valence-corrected chi connectivity index (χ0v) is 12.0. The maximum Gasteiger partial charge on any atom is 0.187 e. The minimum absolute atomic E-state index is 0.0294. The van der Waals surface area contributed by atoms with Gasteiger partial charge in [-0.1, -0.05) is 0 Å². The van der Waals surface area contributed by atoms with Gasteiger partial charge in [-0.25, -0.2) is 0 Å². The second-order valence-electron chi connectivity index (χ2n) is 5.17. The fourth-order valence-corrected chi connectivity index (χ4v) is 2.11. The van der Waals surface area contributed by atoms with Gasteiger partial charge in [-0.3, -0.25) is 0 Å². The van der Waals surface area contributed by atoms with E-state index < -0.39 is 68.3 Å². The molecule has 136 valence electrons. The highest BCUT2D eigenvalue weighted by molar-refractivity contribution is 5.56. The van der Waals surface area contributed by atoms with E-state index in [4.69, 9.17) is 19.7 Å². The number of aldehydes is 1. The zero-order valence-electron chi connectivity index (χ0n) is 12.0. The van der Waals surface area contributed by atoms with E-state index in [1.54, 1.807) is 0 Å². The molecule has 11 nitrogen and oxygen atoms in total. The normalized spacial score (nSPS) is 37.0. The third-order valence-corrected chi connectivity index (χ3v) is 3.53. The highest BCUT2D eigenvalue weighted by Crippen LogP contribution is 2.24. The number of rotatable bonds is 8. The molecule has 1 heterocycles. The lowest BCUT2D eigenvalue weighted by atomic mass is 9.98. The molecule has 0 radical (unpaired) electrons. The van der Waals surface area contributed by atoms with Gasteiger partial charge in [-0.2, -0.15) is 0 Å². The van der Waals surface area contributed by atoms with Gasteiger partial charge in [-0.05, 0) is 0 Å². The molecule has 0 aromatic carbocycles. The topological polar surface area (TPSA) is 197 Å². The van der Waals surface area contributed by atoms with Crippen LogP contribution in [0.15, 0.2) is 0 Å². The van der Waals surface area contributed by atoms with Crippen LogP contribution < -0.4 is 0 Å². The molecular weight excluding hydrogens is 320 g/mol. The van der Waals surface area contributed by atoms with E-state index in [1.807, 2.05) is 0 Å².